The summed E-state index contributed by atoms with van der Waals surface area (Å²) in [5.74, 6) is -0.0770. The number of hydrogen-bond acceptors (Lipinski definition) is 3. The molecule has 0 aliphatic carbocycles. The highest BCUT2D eigenvalue weighted by atomic mass is 35.5. The summed E-state index contributed by atoms with van der Waals surface area (Å²) >= 11 is 5.83. The van der Waals surface area contributed by atoms with Gasteiger partial charge in [0.1, 0.15) is 0 Å². The van der Waals surface area contributed by atoms with Gasteiger partial charge >= 0.3 is 5.97 Å². The normalized spacial score (nSPS) is 15.8. The van der Waals surface area contributed by atoms with Crippen LogP contribution in [0.3, 0.4) is 0 Å². The van der Waals surface area contributed by atoms with E-state index in [-0.39, 0.29) is 17.8 Å². The minimum Gasteiger partial charge on any atom is -0.469 e. The predicted octanol–water partition coefficient (Wildman–Crippen LogP) is 2.68. The van der Waals surface area contributed by atoms with Gasteiger partial charge in [-0.1, -0.05) is 23.7 Å². The highest BCUT2D eigenvalue weighted by molar-refractivity contribution is 6.30. The fourth-order valence-corrected chi connectivity index (χ4v) is 2.72. The molecule has 1 heterocycles. The standard InChI is InChI=1S/C16H20ClNO3/c1-21-16(20)13-8-10-18(11-9-13)15(19)7-4-12-2-5-14(17)6-3-12/h2-3,5-6,13H,4,7-11H2,1H3. The van der Waals surface area contributed by atoms with Crippen LogP contribution < -0.4 is 0 Å². The molecule has 1 aliphatic heterocycles. The molecule has 0 aromatic heterocycles. The Bertz CT molecular complexity index is 493. The number of amides is 1. The van der Waals surface area contributed by atoms with Crippen LogP contribution in [0, 0.1) is 5.92 Å². The average molecular weight is 310 g/mol. The maximum absolute atomic E-state index is 12.2. The van der Waals surface area contributed by atoms with Gasteiger partial charge < -0.3 is 9.64 Å². The molecule has 1 amide bonds. The van der Waals surface area contributed by atoms with Crippen LogP contribution in [0.2, 0.25) is 5.02 Å². The van der Waals surface area contributed by atoms with Gasteiger partial charge in [0, 0.05) is 24.5 Å². The minimum atomic E-state index is -0.164. The van der Waals surface area contributed by atoms with Crippen LogP contribution in [-0.2, 0) is 20.7 Å². The van der Waals surface area contributed by atoms with Crippen molar-refractivity contribution >= 4 is 23.5 Å². The zero-order chi connectivity index (χ0) is 15.2. The fourth-order valence-electron chi connectivity index (χ4n) is 2.59. The van der Waals surface area contributed by atoms with E-state index < -0.39 is 0 Å². The SMILES string of the molecule is COC(=O)C1CCN(C(=O)CCc2ccc(Cl)cc2)CC1. The smallest absolute Gasteiger partial charge is 0.308 e. The number of carbonyl (C=O) groups excluding carboxylic acids is 2. The first-order valence-corrected chi connectivity index (χ1v) is 7.58. The molecule has 0 radical (unpaired) electrons. The predicted molar refractivity (Wildman–Crippen MR) is 81.1 cm³/mol. The number of aryl methyl sites for hydroxylation is 1. The summed E-state index contributed by atoms with van der Waals surface area (Å²) in [6.07, 6.45) is 2.59. The second-order valence-corrected chi connectivity index (χ2v) is 5.74. The van der Waals surface area contributed by atoms with E-state index in [0.29, 0.717) is 43.8 Å². The Morgan fingerprint density at radius 2 is 1.86 bits per heavy atom. The van der Waals surface area contributed by atoms with Gasteiger partial charge in [-0.25, -0.2) is 0 Å². The second kappa shape index (κ2) is 7.46. The zero-order valence-electron chi connectivity index (χ0n) is 12.2. The van der Waals surface area contributed by atoms with E-state index in [2.05, 4.69) is 0 Å². The third-order valence-electron chi connectivity index (χ3n) is 3.92. The lowest BCUT2D eigenvalue weighted by atomic mass is 9.96. The van der Waals surface area contributed by atoms with E-state index >= 15 is 0 Å². The van der Waals surface area contributed by atoms with Crippen molar-refractivity contribution in [2.45, 2.75) is 25.7 Å². The van der Waals surface area contributed by atoms with Gasteiger partial charge in [-0.2, -0.15) is 0 Å². The van der Waals surface area contributed by atoms with E-state index in [9.17, 15) is 9.59 Å². The van der Waals surface area contributed by atoms with Gasteiger partial charge in [-0.15, -0.1) is 0 Å². The Hall–Kier alpha value is -1.55. The van der Waals surface area contributed by atoms with E-state index in [1.807, 2.05) is 29.2 Å². The van der Waals surface area contributed by atoms with E-state index in [1.54, 1.807) is 0 Å². The molecule has 0 saturated carbocycles. The van der Waals surface area contributed by atoms with Gasteiger partial charge in [-0.3, -0.25) is 9.59 Å². The Morgan fingerprint density at radius 3 is 2.43 bits per heavy atom. The third-order valence-corrected chi connectivity index (χ3v) is 4.17. The van der Waals surface area contributed by atoms with Crippen molar-refractivity contribution in [3.63, 3.8) is 0 Å². The first kappa shape index (κ1) is 15.8. The van der Waals surface area contributed by atoms with Crippen molar-refractivity contribution in [2.75, 3.05) is 20.2 Å². The quantitative estimate of drug-likeness (QED) is 0.803. The Kier molecular flexibility index (Phi) is 5.62. The summed E-state index contributed by atoms with van der Waals surface area (Å²) < 4.78 is 4.75. The van der Waals surface area contributed by atoms with Gasteiger partial charge in [0.15, 0.2) is 0 Å². The molecule has 0 spiro atoms. The number of rotatable bonds is 4. The number of likely N-dealkylation sites (tertiary alicyclic amines) is 1. The molecule has 0 N–H and O–H groups in total. The lowest BCUT2D eigenvalue weighted by molar-refractivity contribution is -0.148. The lowest BCUT2D eigenvalue weighted by Crippen LogP contribution is -2.40. The van der Waals surface area contributed by atoms with E-state index in [1.165, 1.54) is 7.11 Å². The molecular weight excluding hydrogens is 290 g/mol. The van der Waals surface area contributed by atoms with Gasteiger partial charge in [0.2, 0.25) is 5.91 Å². The van der Waals surface area contributed by atoms with Crippen LogP contribution in [0.1, 0.15) is 24.8 Å². The lowest BCUT2D eigenvalue weighted by Gasteiger charge is -2.30. The van der Waals surface area contributed by atoms with Crippen molar-refractivity contribution in [3.8, 4) is 0 Å². The monoisotopic (exact) mass is 309 g/mol. The number of esters is 1. The number of ether oxygens (including phenoxy) is 1. The number of nitrogens with zero attached hydrogens (tertiary/aromatic N) is 1. The van der Waals surface area contributed by atoms with Crippen molar-refractivity contribution < 1.29 is 14.3 Å². The van der Waals surface area contributed by atoms with Crippen LogP contribution in [-0.4, -0.2) is 37.0 Å². The van der Waals surface area contributed by atoms with Crippen molar-refractivity contribution in [1.82, 2.24) is 4.90 Å². The van der Waals surface area contributed by atoms with Crippen LogP contribution in [0.15, 0.2) is 24.3 Å². The second-order valence-electron chi connectivity index (χ2n) is 5.30. The molecule has 1 aromatic carbocycles. The number of piperidine rings is 1. The minimum absolute atomic E-state index is 0.0599. The zero-order valence-corrected chi connectivity index (χ0v) is 12.9. The summed E-state index contributed by atoms with van der Waals surface area (Å²) in [4.78, 5) is 25.5. The van der Waals surface area contributed by atoms with Crippen molar-refractivity contribution in [3.05, 3.63) is 34.9 Å². The summed E-state index contributed by atoms with van der Waals surface area (Å²) in [5, 5.41) is 0.704. The van der Waals surface area contributed by atoms with Crippen molar-refractivity contribution in [1.29, 1.82) is 0 Å². The fraction of sp³-hybridized carbons (Fsp3) is 0.500. The molecule has 4 nitrogen and oxygen atoms in total. The molecule has 0 unspecified atom stereocenters. The average Bonchev–Trinajstić information content (AvgIpc) is 2.53. The molecule has 0 atom stereocenters. The van der Waals surface area contributed by atoms with Crippen molar-refractivity contribution in [2.24, 2.45) is 5.92 Å². The Balaban J connectivity index is 1.77. The molecule has 0 bridgehead atoms. The molecule has 1 aliphatic rings. The molecule has 1 saturated heterocycles. The number of halogens is 1. The number of hydrogen-bond donors (Lipinski definition) is 0. The van der Waals surface area contributed by atoms with E-state index in [4.69, 9.17) is 16.3 Å². The summed E-state index contributed by atoms with van der Waals surface area (Å²) in [6, 6.07) is 7.56. The number of carbonyl (C=O) groups is 2. The Labute approximate surface area is 130 Å². The van der Waals surface area contributed by atoms with Crippen LogP contribution >= 0.6 is 11.6 Å². The maximum Gasteiger partial charge on any atom is 0.308 e. The maximum atomic E-state index is 12.2. The molecule has 114 valence electrons. The van der Waals surface area contributed by atoms with E-state index in [0.717, 1.165) is 5.56 Å². The highest BCUT2D eigenvalue weighted by Crippen LogP contribution is 2.19. The topological polar surface area (TPSA) is 46.6 Å². The molecule has 2 rings (SSSR count). The molecule has 1 fully saturated rings. The summed E-state index contributed by atoms with van der Waals surface area (Å²) in [7, 11) is 1.41. The highest BCUT2D eigenvalue weighted by Gasteiger charge is 2.27. The van der Waals surface area contributed by atoms with Crippen LogP contribution in [0.25, 0.3) is 0 Å². The van der Waals surface area contributed by atoms with Gasteiger partial charge in [0.05, 0.1) is 13.0 Å². The summed E-state index contributed by atoms with van der Waals surface area (Å²) in [6.45, 7) is 1.28. The Morgan fingerprint density at radius 1 is 1.24 bits per heavy atom. The molecular formula is C16H20ClNO3. The first-order chi connectivity index (χ1) is 10.1. The molecule has 5 heteroatoms. The van der Waals surface area contributed by atoms with Crippen LogP contribution in [0.4, 0.5) is 0 Å². The molecule has 1 aromatic rings. The van der Waals surface area contributed by atoms with Gasteiger partial charge in [-0.05, 0) is 37.0 Å². The number of methoxy groups -OCH3 is 1. The first-order valence-electron chi connectivity index (χ1n) is 7.20. The third kappa shape index (κ3) is 4.46. The van der Waals surface area contributed by atoms with Crippen LogP contribution in [0.5, 0.6) is 0 Å². The van der Waals surface area contributed by atoms with Gasteiger partial charge in [0.25, 0.3) is 0 Å². The number of benzene rings is 1. The molecule has 21 heavy (non-hydrogen) atoms. The summed E-state index contributed by atoms with van der Waals surface area (Å²) in [5.41, 5.74) is 1.11. The largest absolute Gasteiger partial charge is 0.469 e.